The first kappa shape index (κ1) is 10.7. The second-order valence-electron chi connectivity index (χ2n) is 4.42. The zero-order valence-electron chi connectivity index (χ0n) is 8.79. The summed E-state index contributed by atoms with van der Waals surface area (Å²) in [5.74, 6) is -0.178. The fraction of sp³-hybridized carbons (Fsp3) is 0.667. The number of H-pyrrole nitrogens is 1. The molecule has 0 aliphatic rings. The summed E-state index contributed by atoms with van der Waals surface area (Å²) >= 11 is 0. The predicted octanol–water partition coefficient (Wildman–Crippen LogP) is 0.971. The molecule has 0 saturated heterocycles. The first-order valence-electron chi connectivity index (χ1n) is 4.63. The Morgan fingerprint density at radius 1 is 1.57 bits per heavy atom. The molecule has 0 spiro atoms. The lowest BCUT2D eigenvalue weighted by Crippen LogP contribution is -2.27. The number of hydrogen-bond donors (Lipinski definition) is 2. The number of nitrogens with zero attached hydrogens (tertiary/aromatic N) is 2. The van der Waals surface area contributed by atoms with E-state index in [0.717, 1.165) is 6.42 Å². The van der Waals surface area contributed by atoms with E-state index in [0.29, 0.717) is 12.2 Å². The summed E-state index contributed by atoms with van der Waals surface area (Å²) in [5, 5.41) is 12.4. The fourth-order valence-corrected chi connectivity index (χ4v) is 0.953. The van der Waals surface area contributed by atoms with E-state index in [2.05, 4.69) is 41.5 Å². The van der Waals surface area contributed by atoms with Crippen LogP contribution in [0.4, 0.5) is 0 Å². The van der Waals surface area contributed by atoms with Crippen molar-refractivity contribution in [3.63, 3.8) is 0 Å². The molecule has 0 aromatic carbocycles. The van der Waals surface area contributed by atoms with Gasteiger partial charge in [0.05, 0.1) is 6.20 Å². The number of aromatic amines is 1. The summed E-state index contributed by atoms with van der Waals surface area (Å²) < 4.78 is 0. The molecular weight excluding hydrogens is 180 g/mol. The van der Waals surface area contributed by atoms with Gasteiger partial charge in [0.1, 0.15) is 0 Å². The number of rotatable bonds is 3. The Bertz CT molecular complexity index is 286. The van der Waals surface area contributed by atoms with Crippen molar-refractivity contribution in [1.29, 1.82) is 0 Å². The van der Waals surface area contributed by atoms with Crippen LogP contribution in [0, 0.1) is 5.41 Å². The first-order valence-corrected chi connectivity index (χ1v) is 4.63. The van der Waals surface area contributed by atoms with Crippen LogP contribution in [0.5, 0.6) is 0 Å². The second kappa shape index (κ2) is 4.21. The molecule has 14 heavy (non-hydrogen) atoms. The largest absolute Gasteiger partial charge is 0.351 e. The van der Waals surface area contributed by atoms with Crippen molar-refractivity contribution >= 4 is 5.91 Å². The van der Waals surface area contributed by atoms with Gasteiger partial charge in [0.25, 0.3) is 5.91 Å². The summed E-state index contributed by atoms with van der Waals surface area (Å²) in [4.78, 5) is 11.4. The third-order valence-corrected chi connectivity index (χ3v) is 1.81. The highest BCUT2D eigenvalue weighted by atomic mass is 16.1. The van der Waals surface area contributed by atoms with E-state index in [4.69, 9.17) is 0 Å². The van der Waals surface area contributed by atoms with Crippen LogP contribution in [-0.2, 0) is 0 Å². The maximum Gasteiger partial charge on any atom is 0.273 e. The number of carbonyl (C=O) groups excluding carboxylic acids is 1. The third-order valence-electron chi connectivity index (χ3n) is 1.81. The Morgan fingerprint density at radius 2 is 2.29 bits per heavy atom. The lowest BCUT2D eigenvalue weighted by atomic mass is 9.92. The average molecular weight is 196 g/mol. The maximum absolute atomic E-state index is 11.4. The monoisotopic (exact) mass is 196 g/mol. The molecule has 5 nitrogen and oxygen atoms in total. The van der Waals surface area contributed by atoms with Crippen molar-refractivity contribution < 1.29 is 4.79 Å². The van der Waals surface area contributed by atoms with Gasteiger partial charge in [-0.3, -0.25) is 4.79 Å². The van der Waals surface area contributed by atoms with E-state index in [-0.39, 0.29) is 11.3 Å². The highest BCUT2D eigenvalue weighted by Crippen LogP contribution is 2.16. The van der Waals surface area contributed by atoms with Gasteiger partial charge in [0.15, 0.2) is 5.69 Å². The number of carbonyl (C=O) groups is 1. The smallest absolute Gasteiger partial charge is 0.273 e. The topological polar surface area (TPSA) is 70.7 Å². The van der Waals surface area contributed by atoms with Crippen LogP contribution in [0.3, 0.4) is 0 Å². The summed E-state index contributed by atoms with van der Waals surface area (Å²) in [6.07, 6.45) is 2.35. The quantitative estimate of drug-likeness (QED) is 0.756. The Kier molecular flexibility index (Phi) is 3.22. The van der Waals surface area contributed by atoms with Crippen LogP contribution >= 0.6 is 0 Å². The lowest BCUT2D eigenvalue weighted by Gasteiger charge is -2.17. The maximum atomic E-state index is 11.4. The zero-order valence-corrected chi connectivity index (χ0v) is 8.79. The van der Waals surface area contributed by atoms with Crippen molar-refractivity contribution in [1.82, 2.24) is 20.7 Å². The number of aromatic nitrogens is 3. The van der Waals surface area contributed by atoms with Gasteiger partial charge in [-0.1, -0.05) is 20.8 Å². The van der Waals surface area contributed by atoms with Gasteiger partial charge < -0.3 is 5.32 Å². The molecule has 1 amide bonds. The molecule has 0 saturated carbocycles. The summed E-state index contributed by atoms with van der Waals surface area (Å²) in [7, 11) is 0. The van der Waals surface area contributed by atoms with Crippen LogP contribution in [0.25, 0.3) is 0 Å². The molecule has 0 bridgehead atoms. The summed E-state index contributed by atoms with van der Waals surface area (Å²) in [6, 6.07) is 0. The van der Waals surface area contributed by atoms with Gasteiger partial charge in [-0.25, -0.2) is 0 Å². The van der Waals surface area contributed by atoms with Crippen LogP contribution in [0.1, 0.15) is 37.7 Å². The molecule has 0 fully saturated rings. The molecule has 1 heterocycles. The van der Waals surface area contributed by atoms with Crippen LogP contribution in [0.15, 0.2) is 6.20 Å². The number of amides is 1. The van der Waals surface area contributed by atoms with E-state index in [1.807, 2.05) is 0 Å². The molecule has 1 rings (SSSR count). The lowest BCUT2D eigenvalue weighted by molar-refractivity contribution is 0.0944. The van der Waals surface area contributed by atoms with Gasteiger partial charge in [-0.2, -0.15) is 15.4 Å². The number of hydrogen-bond acceptors (Lipinski definition) is 3. The minimum absolute atomic E-state index is 0.178. The van der Waals surface area contributed by atoms with Crippen LogP contribution < -0.4 is 5.32 Å². The van der Waals surface area contributed by atoms with Gasteiger partial charge in [0.2, 0.25) is 0 Å². The molecule has 0 aliphatic heterocycles. The molecule has 5 heteroatoms. The van der Waals surface area contributed by atoms with Crippen LogP contribution in [-0.4, -0.2) is 27.9 Å². The molecule has 2 N–H and O–H groups in total. The first-order chi connectivity index (χ1) is 6.49. The van der Waals surface area contributed by atoms with E-state index in [1.165, 1.54) is 6.20 Å². The summed E-state index contributed by atoms with van der Waals surface area (Å²) in [6.45, 7) is 7.06. The van der Waals surface area contributed by atoms with Crippen molar-refractivity contribution in [2.75, 3.05) is 6.54 Å². The normalized spacial score (nSPS) is 11.4. The minimum atomic E-state index is -0.178. The average Bonchev–Trinajstić information content (AvgIpc) is 2.53. The predicted molar refractivity (Wildman–Crippen MR) is 52.8 cm³/mol. The van der Waals surface area contributed by atoms with E-state index < -0.39 is 0 Å². The third kappa shape index (κ3) is 3.55. The van der Waals surface area contributed by atoms with E-state index in [9.17, 15) is 4.79 Å². The molecule has 0 aliphatic carbocycles. The van der Waals surface area contributed by atoms with Crippen molar-refractivity contribution in [3.8, 4) is 0 Å². The standard InChI is InChI=1S/C9H16N4O/c1-9(2,3)4-5-10-8(14)7-6-11-13-12-7/h6H,4-5H2,1-3H3,(H,10,14)(H,11,12,13). The highest BCUT2D eigenvalue weighted by molar-refractivity contribution is 5.91. The number of nitrogens with one attached hydrogen (secondary N) is 2. The molecule has 0 radical (unpaired) electrons. The molecule has 0 unspecified atom stereocenters. The molecule has 1 aromatic heterocycles. The highest BCUT2D eigenvalue weighted by Gasteiger charge is 2.12. The van der Waals surface area contributed by atoms with Crippen molar-refractivity contribution in [2.24, 2.45) is 5.41 Å². The van der Waals surface area contributed by atoms with E-state index >= 15 is 0 Å². The van der Waals surface area contributed by atoms with E-state index in [1.54, 1.807) is 0 Å². The van der Waals surface area contributed by atoms with Gasteiger partial charge >= 0.3 is 0 Å². The fourth-order valence-electron chi connectivity index (χ4n) is 0.953. The SMILES string of the molecule is CC(C)(C)CCNC(=O)c1cn[nH]n1. The molecule has 1 aromatic rings. The molecule has 78 valence electrons. The molecule has 0 atom stereocenters. The minimum Gasteiger partial charge on any atom is -0.351 e. The Morgan fingerprint density at radius 3 is 2.79 bits per heavy atom. The van der Waals surface area contributed by atoms with Crippen molar-refractivity contribution in [2.45, 2.75) is 27.2 Å². The summed E-state index contributed by atoms with van der Waals surface area (Å²) in [5.41, 5.74) is 0.566. The second-order valence-corrected chi connectivity index (χ2v) is 4.42. The molecular formula is C9H16N4O. The van der Waals surface area contributed by atoms with Crippen molar-refractivity contribution in [3.05, 3.63) is 11.9 Å². The Hall–Kier alpha value is -1.39. The van der Waals surface area contributed by atoms with Gasteiger partial charge in [-0.05, 0) is 11.8 Å². The van der Waals surface area contributed by atoms with Gasteiger partial charge in [0, 0.05) is 6.54 Å². The zero-order chi connectivity index (χ0) is 10.6. The van der Waals surface area contributed by atoms with Gasteiger partial charge in [-0.15, -0.1) is 0 Å². The Labute approximate surface area is 83.3 Å². The van der Waals surface area contributed by atoms with Crippen LogP contribution in [0.2, 0.25) is 0 Å². The Balaban J connectivity index is 2.30.